The molecule has 0 fully saturated rings. The quantitative estimate of drug-likeness (QED) is 0.581. The van der Waals surface area contributed by atoms with Crippen molar-refractivity contribution in [3.63, 3.8) is 0 Å². The minimum atomic E-state index is -0.216. The Balaban J connectivity index is 2.01. The highest BCUT2D eigenvalue weighted by Gasteiger charge is 2.06. The molecule has 1 heterocycles. The Morgan fingerprint density at radius 1 is 1.32 bits per heavy atom. The van der Waals surface area contributed by atoms with Crippen molar-refractivity contribution in [3.05, 3.63) is 47.2 Å². The third-order valence-corrected chi connectivity index (χ3v) is 2.86. The number of amides is 1. The van der Waals surface area contributed by atoms with Gasteiger partial charge in [0.05, 0.1) is 0 Å². The molecular formula is C14H16N4O. The smallest absolute Gasteiger partial charge is 0.249 e. The van der Waals surface area contributed by atoms with E-state index in [0.717, 1.165) is 16.8 Å². The highest BCUT2D eigenvalue weighted by molar-refractivity contribution is 6.01. The number of hydrogen-bond donors (Lipinski definition) is 3. The third-order valence-electron chi connectivity index (χ3n) is 2.86. The second-order valence-electron chi connectivity index (χ2n) is 4.31. The normalized spacial score (nSPS) is 10.8. The summed E-state index contributed by atoms with van der Waals surface area (Å²) in [7, 11) is 0. The predicted octanol–water partition coefficient (Wildman–Crippen LogP) is 2.26. The number of nitrogen functional groups attached to an aromatic ring is 1. The Morgan fingerprint density at radius 3 is 2.58 bits per heavy atom. The molecule has 1 aromatic carbocycles. The Morgan fingerprint density at radius 2 is 2.00 bits per heavy atom. The van der Waals surface area contributed by atoms with Gasteiger partial charge >= 0.3 is 0 Å². The van der Waals surface area contributed by atoms with E-state index in [1.54, 1.807) is 18.2 Å². The van der Waals surface area contributed by atoms with E-state index < -0.39 is 0 Å². The van der Waals surface area contributed by atoms with Crippen molar-refractivity contribution in [2.75, 3.05) is 11.1 Å². The van der Waals surface area contributed by atoms with E-state index in [9.17, 15) is 4.79 Å². The second-order valence-corrected chi connectivity index (χ2v) is 4.31. The number of nitrogens with one attached hydrogen (secondary N) is 2. The summed E-state index contributed by atoms with van der Waals surface area (Å²) in [5.74, 6) is 0.343. The first kappa shape index (κ1) is 12.9. The summed E-state index contributed by atoms with van der Waals surface area (Å²) < 4.78 is 0. The van der Waals surface area contributed by atoms with Crippen LogP contribution in [-0.4, -0.2) is 16.1 Å². The topological polar surface area (TPSA) is 83.8 Å². The minimum absolute atomic E-state index is 0.216. The summed E-state index contributed by atoms with van der Waals surface area (Å²) in [5.41, 5.74) is 9.08. The molecule has 2 aromatic rings. The lowest BCUT2D eigenvalue weighted by atomic mass is 10.2. The zero-order chi connectivity index (χ0) is 13.8. The molecule has 4 N–H and O–H groups in total. The third kappa shape index (κ3) is 3.22. The number of carbonyl (C=O) groups excluding carboxylic acids is 1. The van der Waals surface area contributed by atoms with Crippen molar-refractivity contribution in [1.29, 1.82) is 0 Å². The van der Waals surface area contributed by atoms with Gasteiger partial charge in [-0.2, -0.15) is 5.10 Å². The highest BCUT2D eigenvalue weighted by atomic mass is 16.1. The van der Waals surface area contributed by atoms with Gasteiger partial charge in [0, 0.05) is 23.0 Å². The first-order valence-electron chi connectivity index (χ1n) is 5.92. The Bertz CT molecular complexity index is 611. The van der Waals surface area contributed by atoms with Crippen LogP contribution >= 0.6 is 0 Å². The SMILES string of the molecule is Cc1[nH]nc(NC(=O)/C=C/c2ccc(N)cc2)c1C. The molecule has 0 spiro atoms. The monoisotopic (exact) mass is 256 g/mol. The van der Waals surface area contributed by atoms with E-state index in [0.29, 0.717) is 11.5 Å². The molecule has 5 nitrogen and oxygen atoms in total. The van der Waals surface area contributed by atoms with Crippen LogP contribution in [0.2, 0.25) is 0 Å². The fourth-order valence-electron chi connectivity index (χ4n) is 1.54. The molecule has 98 valence electrons. The van der Waals surface area contributed by atoms with Gasteiger partial charge < -0.3 is 11.1 Å². The van der Waals surface area contributed by atoms with Gasteiger partial charge in [0.25, 0.3) is 0 Å². The van der Waals surface area contributed by atoms with Gasteiger partial charge in [0.1, 0.15) is 0 Å². The van der Waals surface area contributed by atoms with Gasteiger partial charge in [-0.25, -0.2) is 0 Å². The summed E-state index contributed by atoms with van der Waals surface area (Å²) in [4.78, 5) is 11.7. The zero-order valence-electron chi connectivity index (χ0n) is 10.9. The van der Waals surface area contributed by atoms with Crippen LogP contribution in [0.1, 0.15) is 16.8 Å². The second kappa shape index (κ2) is 5.39. The maximum atomic E-state index is 11.7. The molecule has 0 bridgehead atoms. The molecule has 0 saturated heterocycles. The number of rotatable bonds is 3. The zero-order valence-corrected chi connectivity index (χ0v) is 10.9. The number of carbonyl (C=O) groups is 1. The standard InChI is InChI=1S/C14H16N4O/c1-9-10(2)17-18-14(9)16-13(19)8-5-11-3-6-12(15)7-4-11/h3-8H,15H2,1-2H3,(H2,16,17,18,19)/b8-5+. The number of nitrogens with zero attached hydrogens (tertiary/aromatic N) is 1. The molecule has 0 aliphatic heterocycles. The van der Waals surface area contributed by atoms with Crippen LogP contribution < -0.4 is 11.1 Å². The number of aromatic amines is 1. The van der Waals surface area contributed by atoms with Gasteiger partial charge in [-0.1, -0.05) is 12.1 Å². The van der Waals surface area contributed by atoms with Crippen LogP contribution in [0.5, 0.6) is 0 Å². The van der Waals surface area contributed by atoms with Gasteiger partial charge in [-0.15, -0.1) is 0 Å². The van der Waals surface area contributed by atoms with Crippen molar-refractivity contribution in [3.8, 4) is 0 Å². The average Bonchev–Trinajstić information content (AvgIpc) is 2.70. The van der Waals surface area contributed by atoms with Crippen LogP contribution in [0.25, 0.3) is 6.08 Å². The molecule has 0 unspecified atom stereocenters. The maximum Gasteiger partial charge on any atom is 0.249 e. The highest BCUT2D eigenvalue weighted by Crippen LogP contribution is 2.13. The van der Waals surface area contributed by atoms with E-state index in [1.165, 1.54) is 6.08 Å². The Labute approximate surface area is 111 Å². The largest absolute Gasteiger partial charge is 0.399 e. The van der Waals surface area contributed by atoms with Crippen molar-refractivity contribution >= 4 is 23.5 Å². The fourth-order valence-corrected chi connectivity index (χ4v) is 1.54. The van der Waals surface area contributed by atoms with Crippen LogP contribution in [-0.2, 0) is 4.79 Å². The molecule has 0 atom stereocenters. The van der Waals surface area contributed by atoms with Crippen molar-refractivity contribution in [2.24, 2.45) is 0 Å². The van der Waals surface area contributed by atoms with Crippen LogP contribution in [0.4, 0.5) is 11.5 Å². The van der Waals surface area contributed by atoms with Gasteiger partial charge in [-0.3, -0.25) is 9.89 Å². The molecular weight excluding hydrogens is 240 g/mol. The van der Waals surface area contributed by atoms with Crippen molar-refractivity contribution in [2.45, 2.75) is 13.8 Å². The molecule has 1 amide bonds. The van der Waals surface area contributed by atoms with E-state index in [4.69, 9.17) is 5.73 Å². The van der Waals surface area contributed by atoms with Gasteiger partial charge in [-0.05, 0) is 37.6 Å². The Hall–Kier alpha value is -2.56. The summed E-state index contributed by atoms with van der Waals surface area (Å²) in [5, 5.41) is 9.55. The van der Waals surface area contributed by atoms with Crippen LogP contribution in [0, 0.1) is 13.8 Å². The molecule has 0 saturated carbocycles. The predicted molar refractivity (Wildman–Crippen MR) is 76.6 cm³/mol. The summed E-state index contributed by atoms with van der Waals surface area (Å²) in [6.07, 6.45) is 3.19. The number of benzene rings is 1. The first-order valence-corrected chi connectivity index (χ1v) is 5.92. The molecule has 19 heavy (non-hydrogen) atoms. The van der Waals surface area contributed by atoms with Crippen LogP contribution in [0.3, 0.4) is 0 Å². The molecule has 5 heteroatoms. The number of aryl methyl sites for hydroxylation is 1. The van der Waals surface area contributed by atoms with E-state index in [-0.39, 0.29) is 5.91 Å². The van der Waals surface area contributed by atoms with Gasteiger partial charge in [0.15, 0.2) is 5.82 Å². The number of nitrogens with two attached hydrogens (primary N) is 1. The minimum Gasteiger partial charge on any atom is -0.399 e. The molecule has 1 aromatic heterocycles. The molecule has 0 radical (unpaired) electrons. The summed E-state index contributed by atoms with van der Waals surface area (Å²) in [6.45, 7) is 3.81. The maximum absolute atomic E-state index is 11.7. The first-order chi connectivity index (χ1) is 9.06. The summed E-state index contributed by atoms with van der Waals surface area (Å²) in [6, 6.07) is 7.28. The van der Waals surface area contributed by atoms with Crippen molar-refractivity contribution in [1.82, 2.24) is 10.2 Å². The molecule has 0 aliphatic carbocycles. The average molecular weight is 256 g/mol. The lowest BCUT2D eigenvalue weighted by Gasteiger charge is -1.99. The molecule has 2 rings (SSSR count). The van der Waals surface area contributed by atoms with Crippen molar-refractivity contribution < 1.29 is 4.79 Å². The van der Waals surface area contributed by atoms with E-state index in [2.05, 4.69) is 15.5 Å². The molecule has 0 aliphatic rings. The summed E-state index contributed by atoms with van der Waals surface area (Å²) >= 11 is 0. The number of hydrogen-bond acceptors (Lipinski definition) is 3. The van der Waals surface area contributed by atoms with Crippen LogP contribution in [0.15, 0.2) is 30.3 Å². The number of anilines is 2. The number of H-pyrrole nitrogens is 1. The van der Waals surface area contributed by atoms with Gasteiger partial charge in [0.2, 0.25) is 5.91 Å². The van der Waals surface area contributed by atoms with E-state index in [1.807, 2.05) is 26.0 Å². The van der Waals surface area contributed by atoms with E-state index >= 15 is 0 Å². The lowest BCUT2D eigenvalue weighted by Crippen LogP contribution is -2.09. The Kier molecular flexibility index (Phi) is 3.66. The lowest BCUT2D eigenvalue weighted by molar-refractivity contribution is -0.111. The number of aromatic nitrogens is 2. The fraction of sp³-hybridized carbons (Fsp3) is 0.143.